The third kappa shape index (κ3) is 3.37. The summed E-state index contributed by atoms with van der Waals surface area (Å²) in [5.41, 5.74) is 0.649. The first-order chi connectivity index (χ1) is 7.38. The van der Waals surface area contributed by atoms with Gasteiger partial charge in [0, 0.05) is 18.8 Å². The molecule has 1 fully saturated rings. The quantitative estimate of drug-likeness (QED) is 0.821. The Morgan fingerprint density at radius 2 is 2.44 bits per heavy atom. The van der Waals surface area contributed by atoms with E-state index in [4.69, 9.17) is 5.26 Å². The summed E-state index contributed by atoms with van der Waals surface area (Å²) < 4.78 is 0. The van der Waals surface area contributed by atoms with Crippen molar-refractivity contribution in [1.82, 2.24) is 10.3 Å². The van der Waals surface area contributed by atoms with Crippen molar-refractivity contribution in [2.45, 2.75) is 18.9 Å². The molecule has 1 aliphatic heterocycles. The second-order valence-electron chi connectivity index (χ2n) is 3.73. The van der Waals surface area contributed by atoms with Crippen LogP contribution in [0.2, 0.25) is 0 Å². The maximum absolute atomic E-state index is 8.75. The number of aromatic nitrogens is 1. The van der Waals surface area contributed by atoms with E-state index in [-0.39, 0.29) is 12.4 Å². The molecule has 0 amide bonds. The maximum Gasteiger partial charge on any atom is 0.127 e. The number of nitrogens with one attached hydrogen (secondary N) is 2. The molecular formula is C11H15ClN4. The molecule has 0 saturated carbocycles. The van der Waals surface area contributed by atoms with Gasteiger partial charge in [0.1, 0.15) is 5.82 Å². The summed E-state index contributed by atoms with van der Waals surface area (Å²) in [6.45, 7) is 2.07. The topological polar surface area (TPSA) is 60.7 Å². The maximum atomic E-state index is 8.75. The normalized spacial score (nSPS) is 19.3. The summed E-state index contributed by atoms with van der Waals surface area (Å²) in [5, 5.41) is 15.4. The largest absolute Gasteiger partial charge is 0.366 e. The average Bonchev–Trinajstić information content (AvgIpc) is 2.31. The van der Waals surface area contributed by atoms with Gasteiger partial charge >= 0.3 is 0 Å². The molecule has 16 heavy (non-hydrogen) atoms. The van der Waals surface area contributed by atoms with Crippen molar-refractivity contribution in [3.05, 3.63) is 23.9 Å². The van der Waals surface area contributed by atoms with Gasteiger partial charge < -0.3 is 10.6 Å². The smallest absolute Gasteiger partial charge is 0.127 e. The first-order valence-electron chi connectivity index (χ1n) is 5.22. The van der Waals surface area contributed by atoms with E-state index in [9.17, 15) is 0 Å². The number of halogens is 1. The summed E-state index contributed by atoms with van der Waals surface area (Å²) >= 11 is 0. The zero-order valence-corrected chi connectivity index (χ0v) is 9.76. The van der Waals surface area contributed by atoms with Gasteiger partial charge in [0.25, 0.3) is 0 Å². The lowest BCUT2D eigenvalue weighted by atomic mass is 10.1. The summed E-state index contributed by atoms with van der Waals surface area (Å²) in [6, 6.07) is 6.04. The number of nitrogens with zero attached hydrogens (tertiary/aromatic N) is 2. The van der Waals surface area contributed by atoms with Crippen molar-refractivity contribution in [3.8, 4) is 6.07 Å². The van der Waals surface area contributed by atoms with Gasteiger partial charge in [-0.25, -0.2) is 4.98 Å². The number of piperidine rings is 1. The van der Waals surface area contributed by atoms with Gasteiger partial charge in [-0.3, -0.25) is 0 Å². The highest BCUT2D eigenvalue weighted by Crippen LogP contribution is 2.11. The Kier molecular flexibility index (Phi) is 5.03. The van der Waals surface area contributed by atoms with Crippen LogP contribution >= 0.6 is 12.4 Å². The fourth-order valence-electron chi connectivity index (χ4n) is 1.76. The fraction of sp³-hybridized carbons (Fsp3) is 0.455. The Morgan fingerprint density at radius 3 is 3.12 bits per heavy atom. The number of hydrogen-bond donors (Lipinski definition) is 2. The molecule has 0 aromatic carbocycles. The summed E-state index contributed by atoms with van der Waals surface area (Å²) in [5.74, 6) is 0.794. The zero-order chi connectivity index (χ0) is 10.5. The molecule has 2 heterocycles. The molecule has 0 radical (unpaired) electrons. The second kappa shape index (κ2) is 6.31. The van der Waals surface area contributed by atoms with E-state index >= 15 is 0 Å². The van der Waals surface area contributed by atoms with Crippen LogP contribution in [0.4, 0.5) is 5.82 Å². The van der Waals surface area contributed by atoms with Gasteiger partial charge in [-0.05, 0) is 31.5 Å². The summed E-state index contributed by atoms with van der Waals surface area (Å²) in [6.07, 6.45) is 4.01. The molecule has 1 aliphatic rings. The predicted molar refractivity (Wildman–Crippen MR) is 65.7 cm³/mol. The van der Waals surface area contributed by atoms with E-state index in [1.807, 2.05) is 0 Å². The molecule has 1 atom stereocenters. The standard InChI is InChI=1S/C11H14N4.ClH/c12-7-9-3-5-14-11(6-9)15-10-2-1-4-13-8-10;/h3,5-6,10,13H,1-2,4,8H2,(H,14,15);1H. The van der Waals surface area contributed by atoms with E-state index in [1.165, 1.54) is 6.42 Å². The molecule has 0 spiro atoms. The Balaban J connectivity index is 0.00000128. The predicted octanol–water partition coefficient (Wildman–Crippen LogP) is 1.54. The summed E-state index contributed by atoms with van der Waals surface area (Å²) in [7, 11) is 0. The van der Waals surface area contributed by atoms with Gasteiger partial charge in [-0.2, -0.15) is 5.26 Å². The Morgan fingerprint density at radius 1 is 1.56 bits per heavy atom. The summed E-state index contributed by atoms with van der Waals surface area (Å²) in [4.78, 5) is 4.19. The third-order valence-corrected chi connectivity index (χ3v) is 2.54. The molecule has 1 aromatic rings. The second-order valence-corrected chi connectivity index (χ2v) is 3.73. The zero-order valence-electron chi connectivity index (χ0n) is 8.94. The molecule has 1 aromatic heterocycles. The van der Waals surface area contributed by atoms with Crippen LogP contribution in [0.3, 0.4) is 0 Å². The molecule has 5 heteroatoms. The Labute approximate surface area is 101 Å². The van der Waals surface area contributed by atoms with Crippen molar-refractivity contribution in [3.63, 3.8) is 0 Å². The lowest BCUT2D eigenvalue weighted by molar-refractivity contribution is 0.479. The van der Waals surface area contributed by atoms with Gasteiger partial charge in [0.15, 0.2) is 0 Å². The van der Waals surface area contributed by atoms with Crippen LogP contribution < -0.4 is 10.6 Å². The van der Waals surface area contributed by atoms with Crippen LogP contribution in [0, 0.1) is 11.3 Å². The number of pyridine rings is 1. The minimum absolute atomic E-state index is 0. The van der Waals surface area contributed by atoms with Gasteiger partial charge in [0.2, 0.25) is 0 Å². The molecule has 0 bridgehead atoms. The van der Waals surface area contributed by atoms with Crippen molar-refractivity contribution >= 4 is 18.2 Å². The molecule has 4 nitrogen and oxygen atoms in total. The third-order valence-electron chi connectivity index (χ3n) is 2.54. The molecule has 2 N–H and O–H groups in total. The monoisotopic (exact) mass is 238 g/mol. The van der Waals surface area contributed by atoms with Gasteiger partial charge in [-0.15, -0.1) is 12.4 Å². The van der Waals surface area contributed by atoms with E-state index < -0.39 is 0 Å². The van der Waals surface area contributed by atoms with Gasteiger partial charge in [-0.1, -0.05) is 0 Å². The SMILES string of the molecule is Cl.N#Cc1ccnc(NC2CCCNC2)c1. The highest BCUT2D eigenvalue weighted by atomic mass is 35.5. The lowest BCUT2D eigenvalue weighted by Gasteiger charge is -2.24. The van der Waals surface area contributed by atoms with Gasteiger partial charge in [0.05, 0.1) is 11.6 Å². The number of hydrogen-bond acceptors (Lipinski definition) is 4. The number of nitriles is 1. The minimum Gasteiger partial charge on any atom is -0.366 e. The van der Waals surface area contributed by atoms with E-state index in [0.29, 0.717) is 11.6 Å². The van der Waals surface area contributed by atoms with Crippen LogP contribution in [0.1, 0.15) is 18.4 Å². The molecule has 2 rings (SSSR count). The van der Waals surface area contributed by atoms with Crippen molar-refractivity contribution in [2.75, 3.05) is 18.4 Å². The van der Waals surface area contributed by atoms with Crippen LogP contribution in [0.15, 0.2) is 18.3 Å². The lowest BCUT2D eigenvalue weighted by Crippen LogP contribution is -2.38. The highest BCUT2D eigenvalue weighted by molar-refractivity contribution is 5.85. The van der Waals surface area contributed by atoms with Crippen LogP contribution in [-0.4, -0.2) is 24.1 Å². The molecule has 86 valence electrons. The van der Waals surface area contributed by atoms with Crippen LogP contribution in [0.25, 0.3) is 0 Å². The molecule has 1 saturated heterocycles. The number of anilines is 1. The Hall–Kier alpha value is -1.31. The van der Waals surface area contributed by atoms with Crippen molar-refractivity contribution in [2.24, 2.45) is 0 Å². The van der Waals surface area contributed by atoms with E-state index in [1.54, 1.807) is 18.3 Å². The van der Waals surface area contributed by atoms with E-state index in [2.05, 4.69) is 21.7 Å². The highest BCUT2D eigenvalue weighted by Gasteiger charge is 2.12. The molecular weight excluding hydrogens is 224 g/mol. The van der Waals surface area contributed by atoms with Crippen molar-refractivity contribution in [1.29, 1.82) is 5.26 Å². The molecule has 0 aliphatic carbocycles. The average molecular weight is 239 g/mol. The number of rotatable bonds is 2. The van der Waals surface area contributed by atoms with Crippen LogP contribution in [-0.2, 0) is 0 Å². The van der Waals surface area contributed by atoms with E-state index in [0.717, 1.165) is 25.3 Å². The Bertz CT molecular complexity index is 368. The fourth-order valence-corrected chi connectivity index (χ4v) is 1.76. The van der Waals surface area contributed by atoms with Crippen molar-refractivity contribution < 1.29 is 0 Å². The molecule has 1 unspecified atom stereocenters. The first-order valence-corrected chi connectivity index (χ1v) is 5.22. The van der Waals surface area contributed by atoms with Crippen LogP contribution in [0.5, 0.6) is 0 Å². The first kappa shape index (κ1) is 12.8. The minimum atomic E-state index is 0.